The standard InChI is InChI=1S/C15H21N3O2/c1-10-16-8-11(9-17-10)14(20)18-6-5-15(2)7-12(19)3-4-13(15)18/h8-9,12-13,19H,3-7H2,1-2H3/t12-,13-,15+/m1/s1. The zero-order chi connectivity index (χ0) is 14.3. The first kappa shape index (κ1) is 13.5. The Morgan fingerprint density at radius 2 is 2.10 bits per heavy atom. The van der Waals surface area contributed by atoms with Gasteiger partial charge in [0.2, 0.25) is 0 Å². The van der Waals surface area contributed by atoms with Gasteiger partial charge in [0, 0.05) is 25.0 Å². The quantitative estimate of drug-likeness (QED) is 0.844. The van der Waals surface area contributed by atoms with Crippen LogP contribution in [0.25, 0.3) is 0 Å². The van der Waals surface area contributed by atoms with Crippen LogP contribution < -0.4 is 0 Å². The van der Waals surface area contributed by atoms with Crippen molar-refractivity contribution in [3.8, 4) is 0 Å². The Bertz CT molecular complexity index is 516. The van der Waals surface area contributed by atoms with Gasteiger partial charge in [0.25, 0.3) is 5.91 Å². The molecule has 1 aliphatic heterocycles. The third-order valence-corrected chi connectivity index (χ3v) is 4.87. The predicted octanol–water partition coefficient (Wildman–Crippen LogP) is 1.55. The molecule has 0 aromatic carbocycles. The van der Waals surface area contributed by atoms with Crippen molar-refractivity contribution in [2.24, 2.45) is 5.41 Å². The zero-order valence-corrected chi connectivity index (χ0v) is 12.0. The van der Waals surface area contributed by atoms with Gasteiger partial charge in [-0.05, 0) is 38.0 Å². The minimum Gasteiger partial charge on any atom is -0.393 e. The van der Waals surface area contributed by atoms with Crippen LogP contribution in [0.15, 0.2) is 12.4 Å². The van der Waals surface area contributed by atoms with Crippen LogP contribution in [0.4, 0.5) is 0 Å². The van der Waals surface area contributed by atoms with Crippen molar-refractivity contribution in [1.82, 2.24) is 14.9 Å². The highest BCUT2D eigenvalue weighted by Gasteiger charge is 2.48. The number of nitrogens with zero attached hydrogens (tertiary/aromatic N) is 3. The van der Waals surface area contributed by atoms with E-state index in [1.165, 1.54) is 0 Å². The lowest BCUT2D eigenvalue weighted by atomic mass is 9.71. The number of aliphatic hydroxyl groups is 1. The van der Waals surface area contributed by atoms with Crippen LogP contribution in [-0.4, -0.2) is 44.6 Å². The van der Waals surface area contributed by atoms with Gasteiger partial charge >= 0.3 is 0 Å². The van der Waals surface area contributed by atoms with Gasteiger partial charge in [0.15, 0.2) is 0 Å². The Kier molecular flexibility index (Phi) is 3.24. The second-order valence-corrected chi connectivity index (χ2v) is 6.37. The Labute approximate surface area is 119 Å². The molecule has 1 aromatic heterocycles. The predicted molar refractivity (Wildman–Crippen MR) is 74.2 cm³/mol. The Hall–Kier alpha value is -1.49. The SMILES string of the molecule is Cc1ncc(C(=O)N2CC[C@@]3(C)C[C@H](O)CC[C@@H]23)cn1. The summed E-state index contributed by atoms with van der Waals surface area (Å²) >= 11 is 0. The summed E-state index contributed by atoms with van der Waals surface area (Å²) in [5, 5.41) is 9.87. The maximum absolute atomic E-state index is 12.6. The molecule has 1 N–H and O–H groups in total. The van der Waals surface area contributed by atoms with Crippen molar-refractivity contribution in [2.75, 3.05) is 6.54 Å². The van der Waals surface area contributed by atoms with E-state index in [1.54, 1.807) is 12.4 Å². The summed E-state index contributed by atoms with van der Waals surface area (Å²) in [6.07, 6.45) is 6.44. The average molecular weight is 275 g/mol. The van der Waals surface area contributed by atoms with Crippen LogP contribution in [-0.2, 0) is 0 Å². The smallest absolute Gasteiger partial charge is 0.257 e. The minimum absolute atomic E-state index is 0.0233. The van der Waals surface area contributed by atoms with Crippen LogP contribution in [0.5, 0.6) is 0 Å². The van der Waals surface area contributed by atoms with Crippen molar-refractivity contribution >= 4 is 5.91 Å². The largest absolute Gasteiger partial charge is 0.393 e. The highest BCUT2D eigenvalue weighted by atomic mass is 16.3. The van der Waals surface area contributed by atoms with Gasteiger partial charge in [0.1, 0.15) is 5.82 Å². The third kappa shape index (κ3) is 2.20. The van der Waals surface area contributed by atoms with Gasteiger partial charge in [-0.1, -0.05) is 6.92 Å². The van der Waals surface area contributed by atoms with E-state index in [0.29, 0.717) is 11.4 Å². The van der Waals surface area contributed by atoms with E-state index in [-0.39, 0.29) is 23.5 Å². The van der Waals surface area contributed by atoms with Crippen LogP contribution >= 0.6 is 0 Å². The third-order valence-electron chi connectivity index (χ3n) is 4.87. The fourth-order valence-corrected chi connectivity index (χ4v) is 3.72. The molecular weight excluding hydrogens is 254 g/mol. The van der Waals surface area contributed by atoms with Crippen molar-refractivity contribution in [3.63, 3.8) is 0 Å². The van der Waals surface area contributed by atoms with E-state index < -0.39 is 0 Å². The number of fused-ring (bicyclic) bond motifs is 1. The number of carbonyl (C=O) groups excluding carboxylic acids is 1. The molecule has 3 rings (SSSR count). The second kappa shape index (κ2) is 4.81. The van der Waals surface area contributed by atoms with Gasteiger partial charge in [0.05, 0.1) is 11.7 Å². The monoisotopic (exact) mass is 275 g/mol. The lowest BCUT2D eigenvalue weighted by Gasteiger charge is -2.41. The number of aromatic nitrogens is 2. The Morgan fingerprint density at radius 1 is 1.40 bits per heavy atom. The normalized spacial score (nSPS) is 33.0. The average Bonchev–Trinajstić information content (AvgIpc) is 2.75. The molecule has 1 amide bonds. The fraction of sp³-hybridized carbons (Fsp3) is 0.667. The maximum atomic E-state index is 12.6. The lowest BCUT2D eigenvalue weighted by molar-refractivity contribution is 0.0210. The summed E-state index contributed by atoms with van der Waals surface area (Å²) in [4.78, 5) is 22.8. The summed E-state index contributed by atoms with van der Waals surface area (Å²) in [7, 11) is 0. The molecule has 5 nitrogen and oxygen atoms in total. The summed E-state index contributed by atoms with van der Waals surface area (Å²) in [6, 6.07) is 0.236. The lowest BCUT2D eigenvalue weighted by Crippen LogP contribution is -2.46. The summed E-state index contributed by atoms with van der Waals surface area (Å²) in [6.45, 7) is 4.77. The number of hydrogen-bond acceptors (Lipinski definition) is 4. The van der Waals surface area contributed by atoms with E-state index >= 15 is 0 Å². The second-order valence-electron chi connectivity index (χ2n) is 6.37. The molecule has 0 bridgehead atoms. The number of aryl methyl sites for hydroxylation is 1. The molecule has 3 atom stereocenters. The molecule has 1 aromatic rings. The van der Waals surface area contributed by atoms with Crippen molar-refractivity contribution < 1.29 is 9.90 Å². The number of hydrogen-bond donors (Lipinski definition) is 1. The van der Waals surface area contributed by atoms with Gasteiger partial charge in [-0.25, -0.2) is 9.97 Å². The van der Waals surface area contributed by atoms with Crippen molar-refractivity contribution in [2.45, 2.75) is 51.7 Å². The summed E-state index contributed by atoms with van der Waals surface area (Å²) in [5.41, 5.74) is 0.616. The summed E-state index contributed by atoms with van der Waals surface area (Å²) in [5.74, 6) is 0.698. The van der Waals surface area contributed by atoms with Gasteiger partial charge < -0.3 is 10.0 Å². The molecular formula is C15H21N3O2. The first-order valence-electron chi connectivity index (χ1n) is 7.27. The fourth-order valence-electron chi connectivity index (χ4n) is 3.72. The van der Waals surface area contributed by atoms with Crippen LogP contribution in [0.2, 0.25) is 0 Å². The molecule has 2 fully saturated rings. The number of aliphatic hydroxyl groups excluding tert-OH is 1. The minimum atomic E-state index is -0.214. The van der Waals surface area contributed by atoms with Crippen molar-refractivity contribution in [3.05, 3.63) is 23.8 Å². The van der Waals surface area contributed by atoms with Crippen LogP contribution in [0, 0.1) is 12.3 Å². The number of carbonyl (C=O) groups is 1. The molecule has 1 aliphatic carbocycles. The molecule has 0 unspecified atom stereocenters. The molecule has 0 spiro atoms. The maximum Gasteiger partial charge on any atom is 0.257 e. The zero-order valence-electron chi connectivity index (χ0n) is 12.0. The molecule has 108 valence electrons. The summed E-state index contributed by atoms with van der Waals surface area (Å²) < 4.78 is 0. The molecule has 1 saturated carbocycles. The van der Waals surface area contributed by atoms with Crippen molar-refractivity contribution in [1.29, 1.82) is 0 Å². The molecule has 1 saturated heterocycles. The Balaban J connectivity index is 1.81. The van der Waals surface area contributed by atoms with E-state index in [0.717, 1.165) is 32.2 Å². The van der Waals surface area contributed by atoms with Gasteiger partial charge in [-0.15, -0.1) is 0 Å². The molecule has 20 heavy (non-hydrogen) atoms. The van der Waals surface area contributed by atoms with E-state index in [2.05, 4.69) is 16.9 Å². The first-order valence-corrected chi connectivity index (χ1v) is 7.27. The molecule has 2 heterocycles. The highest BCUT2D eigenvalue weighted by Crippen LogP contribution is 2.46. The van der Waals surface area contributed by atoms with Crippen LogP contribution in [0.1, 0.15) is 48.8 Å². The number of amides is 1. The van der Waals surface area contributed by atoms with E-state index in [1.807, 2.05) is 11.8 Å². The Morgan fingerprint density at radius 3 is 2.80 bits per heavy atom. The number of rotatable bonds is 1. The first-order chi connectivity index (χ1) is 9.49. The van der Waals surface area contributed by atoms with E-state index in [9.17, 15) is 9.90 Å². The molecule has 5 heteroatoms. The highest BCUT2D eigenvalue weighted by molar-refractivity contribution is 5.94. The number of likely N-dealkylation sites (tertiary alicyclic amines) is 1. The van der Waals surface area contributed by atoms with Gasteiger partial charge in [-0.3, -0.25) is 4.79 Å². The molecule has 0 radical (unpaired) electrons. The van der Waals surface area contributed by atoms with Crippen LogP contribution in [0.3, 0.4) is 0 Å². The topological polar surface area (TPSA) is 66.3 Å². The van der Waals surface area contributed by atoms with Gasteiger partial charge in [-0.2, -0.15) is 0 Å². The van der Waals surface area contributed by atoms with E-state index in [4.69, 9.17) is 0 Å². The molecule has 2 aliphatic rings.